The highest BCUT2D eigenvalue weighted by atomic mass is 32.2. The normalized spacial score (nSPS) is 19.0. The van der Waals surface area contributed by atoms with Crippen molar-refractivity contribution < 1.29 is 27.5 Å². The van der Waals surface area contributed by atoms with E-state index < -0.39 is 21.9 Å². The maximum atomic E-state index is 13.1. The highest BCUT2D eigenvalue weighted by Gasteiger charge is 2.32. The van der Waals surface area contributed by atoms with Crippen molar-refractivity contribution in [3.8, 4) is 12.3 Å². The summed E-state index contributed by atoms with van der Waals surface area (Å²) in [4.78, 5) is 29.8. The molecule has 37 heavy (non-hydrogen) atoms. The predicted octanol–water partition coefficient (Wildman–Crippen LogP) is 3.05. The number of amides is 1. The number of hydrogen-bond acceptors (Lipinski definition) is 7. The van der Waals surface area contributed by atoms with Crippen LogP contribution in [0.2, 0.25) is 0 Å². The molecule has 3 aromatic rings. The zero-order chi connectivity index (χ0) is 26.7. The SMILES string of the molecule is C#CCn1c(=NC(=O)c2ccc(S(=O)(=O)N3CC(C)OC(C)C3)cc2)sc2cc(C(=O)OCC)ccc21. The quantitative estimate of drug-likeness (QED) is 0.351. The van der Waals surface area contributed by atoms with Crippen molar-refractivity contribution in [3.05, 3.63) is 58.4 Å². The number of sulfonamides is 1. The first kappa shape index (κ1) is 26.8. The molecule has 4 rings (SSSR count). The topological polar surface area (TPSA) is 107 Å². The molecule has 1 fully saturated rings. The third kappa shape index (κ3) is 5.67. The van der Waals surface area contributed by atoms with Crippen LogP contribution < -0.4 is 4.80 Å². The highest BCUT2D eigenvalue weighted by Crippen LogP contribution is 2.23. The fraction of sp³-hybridized carbons (Fsp3) is 0.346. The molecule has 1 aliphatic rings. The summed E-state index contributed by atoms with van der Waals surface area (Å²) in [6.45, 7) is 6.37. The van der Waals surface area contributed by atoms with E-state index in [0.717, 1.165) is 10.2 Å². The minimum Gasteiger partial charge on any atom is -0.462 e. The van der Waals surface area contributed by atoms with Crippen molar-refractivity contribution in [3.63, 3.8) is 0 Å². The van der Waals surface area contributed by atoms with Crippen LogP contribution in [-0.4, -0.2) is 61.1 Å². The highest BCUT2D eigenvalue weighted by molar-refractivity contribution is 7.89. The van der Waals surface area contributed by atoms with Gasteiger partial charge in [0, 0.05) is 18.7 Å². The molecule has 9 nitrogen and oxygen atoms in total. The second-order valence-electron chi connectivity index (χ2n) is 8.60. The zero-order valence-electron chi connectivity index (χ0n) is 20.7. The number of benzene rings is 2. The Morgan fingerprint density at radius 2 is 1.78 bits per heavy atom. The maximum Gasteiger partial charge on any atom is 0.338 e. The number of hydrogen-bond donors (Lipinski definition) is 0. The van der Waals surface area contributed by atoms with Gasteiger partial charge < -0.3 is 14.0 Å². The molecule has 1 aliphatic heterocycles. The Hall–Kier alpha value is -3.30. The summed E-state index contributed by atoms with van der Waals surface area (Å²) in [7, 11) is -3.73. The molecule has 1 aromatic heterocycles. The van der Waals surface area contributed by atoms with E-state index in [0.29, 0.717) is 10.4 Å². The van der Waals surface area contributed by atoms with Gasteiger partial charge in [-0.3, -0.25) is 4.79 Å². The Bertz CT molecular complexity index is 1540. The Labute approximate surface area is 219 Å². The summed E-state index contributed by atoms with van der Waals surface area (Å²) in [6.07, 6.45) is 5.13. The molecule has 0 radical (unpaired) electrons. The third-order valence-corrected chi connectivity index (χ3v) is 8.65. The van der Waals surface area contributed by atoms with E-state index in [1.807, 2.05) is 13.8 Å². The Kier molecular flexibility index (Phi) is 7.94. The molecule has 0 N–H and O–H groups in total. The molecular weight excluding hydrogens is 514 g/mol. The summed E-state index contributed by atoms with van der Waals surface area (Å²) in [5.74, 6) is 1.58. The van der Waals surface area contributed by atoms with Gasteiger partial charge in [-0.25, -0.2) is 13.2 Å². The van der Waals surface area contributed by atoms with E-state index in [9.17, 15) is 18.0 Å². The summed E-state index contributed by atoms with van der Waals surface area (Å²) in [5.41, 5.74) is 1.36. The summed E-state index contributed by atoms with van der Waals surface area (Å²) in [6, 6.07) is 10.8. The van der Waals surface area contributed by atoms with Gasteiger partial charge in [-0.1, -0.05) is 17.3 Å². The number of nitrogens with zero attached hydrogens (tertiary/aromatic N) is 3. The number of terminal acetylenes is 1. The lowest BCUT2D eigenvalue weighted by Gasteiger charge is -2.34. The largest absolute Gasteiger partial charge is 0.462 e. The van der Waals surface area contributed by atoms with Gasteiger partial charge in [0.2, 0.25) is 10.0 Å². The molecule has 0 saturated carbocycles. The maximum absolute atomic E-state index is 13.1. The van der Waals surface area contributed by atoms with Crippen LogP contribution in [-0.2, 0) is 26.0 Å². The van der Waals surface area contributed by atoms with Crippen molar-refractivity contribution in [2.75, 3.05) is 19.7 Å². The van der Waals surface area contributed by atoms with Crippen molar-refractivity contribution in [1.29, 1.82) is 0 Å². The first-order valence-electron chi connectivity index (χ1n) is 11.7. The van der Waals surface area contributed by atoms with Gasteiger partial charge >= 0.3 is 5.97 Å². The molecule has 0 spiro atoms. The summed E-state index contributed by atoms with van der Waals surface area (Å²) in [5, 5.41) is 0. The van der Waals surface area contributed by atoms with Gasteiger partial charge in [-0.05, 0) is 63.2 Å². The molecule has 2 aromatic carbocycles. The number of morpholine rings is 1. The predicted molar refractivity (Wildman–Crippen MR) is 140 cm³/mol. The van der Waals surface area contributed by atoms with E-state index in [-0.39, 0.29) is 48.9 Å². The number of carbonyl (C=O) groups excluding carboxylic acids is 2. The molecule has 2 atom stereocenters. The van der Waals surface area contributed by atoms with Crippen LogP contribution in [0.1, 0.15) is 41.5 Å². The molecule has 0 bridgehead atoms. The lowest BCUT2D eigenvalue weighted by molar-refractivity contribution is -0.0440. The number of rotatable bonds is 6. The van der Waals surface area contributed by atoms with Crippen LogP contribution in [0.25, 0.3) is 10.2 Å². The van der Waals surface area contributed by atoms with E-state index in [2.05, 4.69) is 10.9 Å². The number of ether oxygens (including phenoxy) is 2. The Morgan fingerprint density at radius 1 is 1.14 bits per heavy atom. The van der Waals surface area contributed by atoms with Crippen LogP contribution in [0, 0.1) is 12.3 Å². The van der Waals surface area contributed by atoms with Gasteiger partial charge in [0.15, 0.2) is 4.80 Å². The van der Waals surface area contributed by atoms with Gasteiger partial charge in [0.25, 0.3) is 5.91 Å². The first-order valence-corrected chi connectivity index (χ1v) is 14.0. The third-order valence-electron chi connectivity index (χ3n) is 5.77. The average molecular weight is 542 g/mol. The second kappa shape index (κ2) is 11.0. The fourth-order valence-electron chi connectivity index (χ4n) is 4.14. The Balaban J connectivity index is 1.64. The minimum atomic E-state index is -3.73. The lowest BCUT2D eigenvalue weighted by Crippen LogP contribution is -2.48. The molecule has 2 unspecified atom stereocenters. The number of esters is 1. The number of thiazole rings is 1. The van der Waals surface area contributed by atoms with E-state index in [1.54, 1.807) is 29.7 Å². The smallest absolute Gasteiger partial charge is 0.338 e. The summed E-state index contributed by atoms with van der Waals surface area (Å²) < 4.78 is 40.7. The minimum absolute atomic E-state index is 0.0982. The molecular formula is C26H27N3O6S2. The summed E-state index contributed by atoms with van der Waals surface area (Å²) >= 11 is 1.22. The number of carbonyl (C=O) groups is 2. The monoisotopic (exact) mass is 541 g/mol. The van der Waals surface area contributed by atoms with Gasteiger partial charge in [0.1, 0.15) is 0 Å². The van der Waals surface area contributed by atoms with Crippen LogP contribution in [0.3, 0.4) is 0 Å². The molecule has 2 heterocycles. The molecule has 11 heteroatoms. The number of fused-ring (bicyclic) bond motifs is 1. The second-order valence-corrected chi connectivity index (χ2v) is 11.5. The van der Waals surface area contributed by atoms with E-state index in [1.165, 1.54) is 39.9 Å². The van der Waals surface area contributed by atoms with E-state index >= 15 is 0 Å². The van der Waals surface area contributed by atoms with Crippen molar-refractivity contribution >= 4 is 43.5 Å². The molecule has 0 aliphatic carbocycles. The van der Waals surface area contributed by atoms with Gasteiger partial charge in [0.05, 0.1) is 46.0 Å². The van der Waals surface area contributed by atoms with Crippen LogP contribution >= 0.6 is 11.3 Å². The van der Waals surface area contributed by atoms with Gasteiger partial charge in [-0.15, -0.1) is 6.42 Å². The van der Waals surface area contributed by atoms with Crippen LogP contribution in [0.15, 0.2) is 52.4 Å². The first-order chi connectivity index (χ1) is 17.6. The molecule has 194 valence electrons. The average Bonchev–Trinajstić information content (AvgIpc) is 3.20. The van der Waals surface area contributed by atoms with Crippen LogP contribution in [0.5, 0.6) is 0 Å². The fourth-order valence-corrected chi connectivity index (χ4v) is 6.80. The standard InChI is InChI=1S/C26H27N3O6S2/c1-5-13-29-22-12-9-20(25(31)34-6-2)14-23(22)36-26(29)27-24(30)19-7-10-21(11-8-19)37(32,33)28-15-17(3)35-18(4)16-28/h1,7-12,14,17-18H,6,13,15-16H2,2-4H3. The van der Waals surface area contributed by atoms with Crippen molar-refractivity contribution in [1.82, 2.24) is 8.87 Å². The van der Waals surface area contributed by atoms with Crippen molar-refractivity contribution in [2.24, 2.45) is 4.99 Å². The van der Waals surface area contributed by atoms with Crippen molar-refractivity contribution in [2.45, 2.75) is 44.4 Å². The Morgan fingerprint density at radius 3 is 2.41 bits per heavy atom. The molecule has 1 amide bonds. The zero-order valence-corrected chi connectivity index (χ0v) is 22.3. The molecule has 1 saturated heterocycles. The lowest BCUT2D eigenvalue weighted by atomic mass is 10.2. The van der Waals surface area contributed by atoms with Crippen LogP contribution in [0.4, 0.5) is 0 Å². The number of aromatic nitrogens is 1. The van der Waals surface area contributed by atoms with Gasteiger partial charge in [-0.2, -0.15) is 9.30 Å². The van der Waals surface area contributed by atoms with E-state index in [4.69, 9.17) is 15.9 Å².